The summed E-state index contributed by atoms with van der Waals surface area (Å²) >= 11 is -3.27. The van der Waals surface area contributed by atoms with Crippen LogP contribution in [0.1, 0.15) is 29.2 Å². The van der Waals surface area contributed by atoms with Gasteiger partial charge in [0, 0.05) is 0 Å². The van der Waals surface area contributed by atoms with Gasteiger partial charge in [-0.2, -0.15) is 0 Å². The number of hydrogen-bond acceptors (Lipinski definition) is 0. The molecule has 34 heavy (non-hydrogen) atoms. The average Bonchev–Trinajstić information content (AvgIpc) is 3.29. The third-order valence-electron chi connectivity index (χ3n) is 9.49. The number of fused-ring (bicyclic) bond motifs is 6. The Kier molecular flexibility index (Phi) is 4.74. The molecule has 0 nitrogen and oxygen atoms in total. The molecule has 0 saturated heterocycles. The van der Waals surface area contributed by atoms with Crippen LogP contribution in [-0.2, 0) is 6.49 Å². The predicted molar refractivity (Wildman–Crippen MR) is 152 cm³/mol. The van der Waals surface area contributed by atoms with Crippen molar-refractivity contribution in [2.45, 2.75) is 42.9 Å². The van der Waals surface area contributed by atoms with E-state index < -0.39 is 26.5 Å². The van der Waals surface area contributed by atoms with Crippen LogP contribution in [0, 0.1) is 0 Å². The van der Waals surface area contributed by atoms with Crippen LogP contribution >= 0.6 is 0 Å². The van der Waals surface area contributed by atoms with Crippen LogP contribution in [-0.4, -0.2) is 26.5 Å². The first-order valence-electron chi connectivity index (χ1n) is 12.6. The van der Waals surface area contributed by atoms with Gasteiger partial charge < -0.3 is 0 Å². The van der Waals surface area contributed by atoms with E-state index in [9.17, 15) is 0 Å². The van der Waals surface area contributed by atoms with Gasteiger partial charge in [-0.15, -0.1) is 0 Å². The summed E-state index contributed by atoms with van der Waals surface area (Å²) in [5.74, 6) is 0. The van der Waals surface area contributed by atoms with Gasteiger partial charge in [-0.05, 0) is 0 Å². The van der Waals surface area contributed by atoms with Gasteiger partial charge in [0.05, 0.1) is 0 Å². The molecule has 0 radical (unpaired) electrons. The second-order valence-corrected chi connectivity index (χ2v) is 32.9. The van der Waals surface area contributed by atoms with E-state index in [2.05, 4.69) is 134 Å². The SMILES string of the molecule is C[C]1([Sn]([CH3])([CH3])[C]2([Si](C)(C)C)c3ccccc3-c3ccccc32)c2ccccc2-c2ccccc21. The van der Waals surface area contributed by atoms with Gasteiger partial charge >= 0.3 is 211 Å². The van der Waals surface area contributed by atoms with Gasteiger partial charge in [0.1, 0.15) is 0 Å². The quantitative estimate of drug-likeness (QED) is 0.218. The molecule has 0 heterocycles. The predicted octanol–water partition coefficient (Wildman–Crippen LogP) is 8.60. The Balaban J connectivity index is 1.78. The normalized spacial score (nSPS) is 17.0. The Morgan fingerprint density at radius 1 is 0.500 bits per heavy atom. The monoisotopic (exact) mass is 566 g/mol. The van der Waals surface area contributed by atoms with Crippen LogP contribution < -0.4 is 0 Å². The molecule has 0 aromatic heterocycles. The van der Waals surface area contributed by atoms with Gasteiger partial charge in [-0.3, -0.25) is 0 Å². The maximum absolute atomic E-state index is 3.27. The van der Waals surface area contributed by atoms with Crippen molar-refractivity contribution in [1.82, 2.24) is 0 Å². The fourth-order valence-corrected chi connectivity index (χ4v) is 42.1. The molecule has 0 atom stereocenters. The molecule has 0 saturated carbocycles. The minimum atomic E-state index is -3.27. The fourth-order valence-electron chi connectivity index (χ4n) is 8.16. The first-order valence-corrected chi connectivity index (χ1v) is 24.6. The number of hydrogen-bond donors (Lipinski definition) is 0. The van der Waals surface area contributed by atoms with Crippen LogP contribution in [0.5, 0.6) is 0 Å². The standard InChI is InChI=1S/C16H17Si.C14H11.2CH3.Sn/c1-17(2,3)16-14-10-6-4-8-12(14)13-9-5-7-11-15(13)16;1-10-11-6-2-4-8-13(11)14-9-5-3-7-12(10)14;;;/h4-11H,1-3H3;2-9H,1H3;2*1H3;. The first kappa shape index (κ1) is 22.4. The molecule has 0 spiro atoms. The summed E-state index contributed by atoms with van der Waals surface area (Å²) in [7, 11) is -1.78. The molecule has 170 valence electrons. The molecule has 0 aliphatic heterocycles. The van der Waals surface area contributed by atoms with Crippen LogP contribution in [0.25, 0.3) is 22.3 Å². The Morgan fingerprint density at radius 2 is 0.794 bits per heavy atom. The fraction of sp³-hybridized carbons (Fsp3) is 0.250. The summed E-state index contributed by atoms with van der Waals surface area (Å²) in [6.07, 6.45) is 0. The van der Waals surface area contributed by atoms with Crippen LogP contribution in [0.2, 0.25) is 29.5 Å². The van der Waals surface area contributed by atoms with Crippen molar-refractivity contribution in [3.8, 4) is 22.3 Å². The molecule has 2 heteroatoms. The van der Waals surface area contributed by atoms with E-state index in [1.165, 1.54) is 22.3 Å². The Labute approximate surface area is 210 Å². The molecule has 6 rings (SSSR count). The van der Waals surface area contributed by atoms with E-state index in [1.807, 2.05) is 0 Å². The van der Waals surface area contributed by atoms with Crippen molar-refractivity contribution in [1.29, 1.82) is 0 Å². The van der Waals surface area contributed by atoms with Crippen molar-refractivity contribution in [2.75, 3.05) is 0 Å². The summed E-state index contributed by atoms with van der Waals surface area (Å²) in [4.78, 5) is 5.56. The molecule has 0 amide bonds. The van der Waals surface area contributed by atoms with E-state index in [0.29, 0.717) is 0 Å². The molecule has 2 aliphatic rings. The van der Waals surface area contributed by atoms with Crippen molar-refractivity contribution in [3.63, 3.8) is 0 Å². The molecule has 2 aliphatic carbocycles. The third-order valence-corrected chi connectivity index (χ3v) is 38.5. The van der Waals surface area contributed by atoms with Gasteiger partial charge in [0.25, 0.3) is 0 Å². The number of rotatable bonds is 3. The zero-order valence-corrected chi connectivity index (χ0v) is 25.1. The van der Waals surface area contributed by atoms with Gasteiger partial charge in [0.2, 0.25) is 0 Å². The van der Waals surface area contributed by atoms with E-state index in [0.717, 1.165) is 0 Å². The van der Waals surface area contributed by atoms with Gasteiger partial charge in [-0.25, -0.2) is 0 Å². The topological polar surface area (TPSA) is 0 Å². The molecule has 0 N–H and O–H groups in total. The minimum absolute atomic E-state index is 0.0761. The summed E-state index contributed by atoms with van der Waals surface area (Å²) in [6, 6.07) is 37.4. The zero-order chi connectivity index (χ0) is 23.9. The molecular weight excluding hydrogens is 531 g/mol. The Hall–Kier alpha value is -2.10. The second kappa shape index (κ2) is 7.21. The Morgan fingerprint density at radius 3 is 1.15 bits per heavy atom. The summed E-state index contributed by atoms with van der Waals surface area (Å²) in [5.41, 5.74) is 12.2. The van der Waals surface area contributed by atoms with E-state index >= 15 is 0 Å². The van der Waals surface area contributed by atoms with Crippen molar-refractivity contribution < 1.29 is 0 Å². The molecule has 0 fully saturated rings. The zero-order valence-electron chi connectivity index (χ0n) is 21.2. The number of benzene rings is 4. The summed E-state index contributed by atoms with van der Waals surface area (Å²) in [6.45, 7) is 10.5. The molecule has 4 aromatic carbocycles. The van der Waals surface area contributed by atoms with Gasteiger partial charge in [-0.1, -0.05) is 0 Å². The van der Waals surface area contributed by atoms with Crippen molar-refractivity contribution >= 4 is 26.5 Å². The van der Waals surface area contributed by atoms with Gasteiger partial charge in [0.15, 0.2) is 0 Å². The molecule has 0 unspecified atom stereocenters. The average molecular weight is 565 g/mol. The summed E-state index contributed by atoms with van der Waals surface area (Å²) < 4.78 is 0.237. The molecular formula is C32H34SiSn. The van der Waals surface area contributed by atoms with Crippen molar-refractivity contribution in [3.05, 3.63) is 119 Å². The molecule has 0 bridgehead atoms. The second-order valence-electron chi connectivity index (χ2n) is 11.9. The maximum atomic E-state index is 2.78. The van der Waals surface area contributed by atoms with E-state index in [-0.39, 0.29) is 6.49 Å². The van der Waals surface area contributed by atoms with Crippen LogP contribution in [0.3, 0.4) is 0 Å². The van der Waals surface area contributed by atoms with Crippen LogP contribution in [0.4, 0.5) is 0 Å². The Bertz CT molecular complexity index is 1350. The molecule has 4 aromatic rings. The van der Waals surface area contributed by atoms with Crippen LogP contribution in [0.15, 0.2) is 97.1 Å². The van der Waals surface area contributed by atoms with Crippen molar-refractivity contribution in [2.24, 2.45) is 0 Å². The third kappa shape index (κ3) is 2.45. The van der Waals surface area contributed by atoms with E-state index in [1.54, 1.807) is 22.3 Å². The first-order chi connectivity index (χ1) is 16.2. The summed E-state index contributed by atoms with van der Waals surface area (Å²) in [5, 5.41) is 0. The van der Waals surface area contributed by atoms with E-state index in [4.69, 9.17) is 0 Å².